The van der Waals surface area contributed by atoms with Gasteiger partial charge in [0.05, 0.1) is 0 Å². The fourth-order valence-electron chi connectivity index (χ4n) is 4.50. The van der Waals surface area contributed by atoms with Crippen molar-refractivity contribution >= 4 is 12.3 Å². The number of hydrogen-bond donors (Lipinski definition) is 1. The second-order valence-corrected chi connectivity index (χ2v) is 6.16. The summed E-state index contributed by atoms with van der Waals surface area (Å²) in [7, 11) is 0. The summed E-state index contributed by atoms with van der Waals surface area (Å²) in [5.74, 6) is -0.241. The van der Waals surface area contributed by atoms with Gasteiger partial charge in [0.1, 0.15) is 6.29 Å². The summed E-state index contributed by atoms with van der Waals surface area (Å²) in [6.45, 7) is 3.88. The third-order valence-electron chi connectivity index (χ3n) is 5.41. The molecule has 0 radical (unpaired) electrons. The van der Waals surface area contributed by atoms with E-state index in [0.717, 1.165) is 57.7 Å². The zero-order valence-electron chi connectivity index (χ0n) is 11.6. The van der Waals surface area contributed by atoms with Gasteiger partial charge in [0, 0.05) is 17.4 Å². The van der Waals surface area contributed by atoms with Gasteiger partial charge in [-0.15, -0.1) is 0 Å². The van der Waals surface area contributed by atoms with E-state index < -0.39 is 11.4 Å². The molecule has 1 N–H and O–H groups in total. The summed E-state index contributed by atoms with van der Waals surface area (Å²) in [4.78, 5) is 22.7. The monoisotopic (exact) mass is 264 g/mol. The minimum absolute atomic E-state index is 0.290. The Bertz CT molecular complexity index is 344. The summed E-state index contributed by atoms with van der Waals surface area (Å²) in [5, 5.41) is 9.45. The standard InChI is InChI=1S/C16H24O3/c1-12(15(18)19)16(10-11-17,13-6-2-3-7-13)14-8-4-5-9-14/h11,13-14H,1-10H2,(H,18,19). The minimum Gasteiger partial charge on any atom is -0.478 e. The number of carboxylic acids is 1. The van der Waals surface area contributed by atoms with E-state index in [9.17, 15) is 14.7 Å². The lowest BCUT2D eigenvalue weighted by Gasteiger charge is -2.43. The van der Waals surface area contributed by atoms with Crippen molar-refractivity contribution in [2.45, 2.75) is 57.8 Å². The maximum Gasteiger partial charge on any atom is 0.331 e. The Morgan fingerprint density at radius 1 is 1.11 bits per heavy atom. The van der Waals surface area contributed by atoms with Gasteiger partial charge >= 0.3 is 5.97 Å². The van der Waals surface area contributed by atoms with E-state index in [1.807, 2.05) is 0 Å². The Morgan fingerprint density at radius 3 is 1.84 bits per heavy atom. The second-order valence-electron chi connectivity index (χ2n) is 6.16. The lowest BCUT2D eigenvalue weighted by Crippen LogP contribution is -2.40. The van der Waals surface area contributed by atoms with Crippen LogP contribution in [0.4, 0.5) is 0 Å². The molecule has 0 heterocycles. The molecule has 0 aromatic rings. The predicted octanol–water partition coefficient (Wildman–Crippen LogP) is 3.58. The number of hydrogen-bond acceptors (Lipinski definition) is 2. The lowest BCUT2D eigenvalue weighted by atomic mass is 9.59. The number of carboxylic acid groups (broad SMARTS) is 1. The van der Waals surface area contributed by atoms with Gasteiger partial charge in [0.15, 0.2) is 0 Å². The quantitative estimate of drug-likeness (QED) is 0.589. The van der Waals surface area contributed by atoms with Gasteiger partial charge in [-0.1, -0.05) is 32.3 Å². The molecule has 0 aliphatic heterocycles. The molecule has 0 bridgehead atoms. The van der Waals surface area contributed by atoms with Crippen LogP contribution in [0, 0.1) is 17.3 Å². The Labute approximate surface area is 115 Å². The van der Waals surface area contributed by atoms with Crippen LogP contribution in [0.1, 0.15) is 57.8 Å². The SMILES string of the molecule is C=C(C(=O)O)C(CC=O)(C1CCCC1)C1CCCC1. The second kappa shape index (κ2) is 5.89. The highest BCUT2D eigenvalue weighted by molar-refractivity contribution is 5.88. The maximum absolute atomic E-state index is 11.5. The van der Waals surface area contributed by atoms with Gasteiger partial charge in [-0.25, -0.2) is 4.79 Å². The molecule has 0 atom stereocenters. The predicted molar refractivity (Wildman–Crippen MR) is 73.8 cm³/mol. The molecule has 0 aromatic heterocycles. The molecule has 2 saturated carbocycles. The smallest absolute Gasteiger partial charge is 0.331 e. The van der Waals surface area contributed by atoms with E-state index in [4.69, 9.17) is 0 Å². The number of carbonyl (C=O) groups is 2. The van der Waals surface area contributed by atoms with Gasteiger partial charge in [-0.2, -0.15) is 0 Å². The van der Waals surface area contributed by atoms with Crippen LogP contribution in [0.2, 0.25) is 0 Å². The highest BCUT2D eigenvalue weighted by atomic mass is 16.4. The number of aldehydes is 1. The van der Waals surface area contributed by atoms with Crippen LogP contribution >= 0.6 is 0 Å². The third-order valence-corrected chi connectivity index (χ3v) is 5.41. The molecular weight excluding hydrogens is 240 g/mol. The topological polar surface area (TPSA) is 54.4 Å². The number of aliphatic carboxylic acids is 1. The molecule has 0 spiro atoms. The van der Waals surface area contributed by atoms with E-state index in [-0.39, 0.29) is 0 Å². The fourth-order valence-corrected chi connectivity index (χ4v) is 4.50. The van der Waals surface area contributed by atoms with Crippen LogP contribution in [0.3, 0.4) is 0 Å². The fraction of sp³-hybridized carbons (Fsp3) is 0.750. The average Bonchev–Trinajstić information content (AvgIpc) is 3.07. The molecule has 2 aliphatic rings. The van der Waals surface area contributed by atoms with Crippen LogP contribution < -0.4 is 0 Å². The van der Waals surface area contributed by atoms with Crippen LogP contribution in [0.25, 0.3) is 0 Å². The van der Waals surface area contributed by atoms with Crippen LogP contribution in [0.15, 0.2) is 12.2 Å². The highest BCUT2D eigenvalue weighted by Crippen LogP contribution is 2.55. The van der Waals surface area contributed by atoms with Crippen LogP contribution in [-0.2, 0) is 9.59 Å². The molecule has 2 rings (SSSR count). The van der Waals surface area contributed by atoms with Crippen molar-refractivity contribution in [2.75, 3.05) is 0 Å². The molecule has 3 heteroatoms. The Hall–Kier alpha value is -1.12. The Morgan fingerprint density at radius 2 is 1.53 bits per heavy atom. The van der Waals surface area contributed by atoms with Crippen molar-refractivity contribution in [3.8, 4) is 0 Å². The molecule has 2 fully saturated rings. The lowest BCUT2D eigenvalue weighted by molar-refractivity contribution is -0.135. The van der Waals surface area contributed by atoms with E-state index >= 15 is 0 Å². The normalized spacial score (nSPS) is 21.7. The number of rotatable bonds is 6. The van der Waals surface area contributed by atoms with E-state index in [1.54, 1.807) is 0 Å². The molecule has 0 aromatic carbocycles. The number of carbonyl (C=O) groups excluding carboxylic acids is 1. The van der Waals surface area contributed by atoms with E-state index in [0.29, 0.717) is 23.8 Å². The first-order valence-corrected chi connectivity index (χ1v) is 7.49. The molecular formula is C16H24O3. The summed E-state index contributed by atoms with van der Waals surface area (Å²) < 4.78 is 0. The molecule has 0 saturated heterocycles. The summed E-state index contributed by atoms with van der Waals surface area (Å²) >= 11 is 0. The van der Waals surface area contributed by atoms with Gasteiger partial charge in [-0.3, -0.25) is 0 Å². The van der Waals surface area contributed by atoms with Crippen molar-refractivity contribution in [3.63, 3.8) is 0 Å². The van der Waals surface area contributed by atoms with Crippen LogP contribution in [0.5, 0.6) is 0 Å². The molecule has 0 unspecified atom stereocenters. The van der Waals surface area contributed by atoms with Crippen molar-refractivity contribution in [1.29, 1.82) is 0 Å². The molecule has 2 aliphatic carbocycles. The van der Waals surface area contributed by atoms with Gasteiger partial charge in [0.2, 0.25) is 0 Å². The largest absolute Gasteiger partial charge is 0.478 e. The van der Waals surface area contributed by atoms with Gasteiger partial charge in [-0.05, 0) is 37.5 Å². The zero-order valence-corrected chi connectivity index (χ0v) is 11.6. The summed E-state index contributed by atoms with van der Waals surface area (Å²) in [6.07, 6.45) is 10.1. The van der Waals surface area contributed by atoms with Crippen molar-refractivity contribution < 1.29 is 14.7 Å². The molecule has 106 valence electrons. The third kappa shape index (κ3) is 2.47. The van der Waals surface area contributed by atoms with Crippen molar-refractivity contribution in [1.82, 2.24) is 0 Å². The first kappa shape index (κ1) is 14.3. The van der Waals surface area contributed by atoms with E-state index in [1.165, 1.54) is 0 Å². The van der Waals surface area contributed by atoms with Gasteiger partial charge < -0.3 is 9.90 Å². The van der Waals surface area contributed by atoms with Crippen molar-refractivity contribution in [3.05, 3.63) is 12.2 Å². The van der Waals surface area contributed by atoms with Crippen molar-refractivity contribution in [2.24, 2.45) is 17.3 Å². The summed E-state index contributed by atoms with van der Waals surface area (Å²) in [6, 6.07) is 0. The first-order chi connectivity index (χ1) is 9.13. The molecule has 3 nitrogen and oxygen atoms in total. The highest BCUT2D eigenvalue weighted by Gasteiger charge is 2.50. The van der Waals surface area contributed by atoms with Crippen LogP contribution in [-0.4, -0.2) is 17.4 Å². The summed E-state index contributed by atoms with van der Waals surface area (Å²) in [5.41, 5.74) is -0.181. The maximum atomic E-state index is 11.5. The first-order valence-electron chi connectivity index (χ1n) is 7.49. The molecule has 0 amide bonds. The molecule has 19 heavy (non-hydrogen) atoms. The average molecular weight is 264 g/mol. The minimum atomic E-state index is -0.916. The Kier molecular flexibility index (Phi) is 4.43. The Balaban J connectivity index is 2.38. The van der Waals surface area contributed by atoms with Gasteiger partial charge in [0.25, 0.3) is 0 Å². The zero-order chi connectivity index (χ0) is 13.9. The van der Waals surface area contributed by atoms with E-state index in [2.05, 4.69) is 6.58 Å².